The summed E-state index contributed by atoms with van der Waals surface area (Å²) in [7, 11) is 0. The van der Waals surface area contributed by atoms with Gasteiger partial charge in [0.1, 0.15) is 0 Å². The normalized spacial score (nSPS) is 13.2. The fourth-order valence-electron chi connectivity index (χ4n) is 2.12. The van der Waals surface area contributed by atoms with Crippen molar-refractivity contribution >= 4 is 11.9 Å². The third kappa shape index (κ3) is 4.89. The van der Waals surface area contributed by atoms with E-state index in [-0.39, 0.29) is 18.0 Å². The van der Waals surface area contributed by atoms with Crippen molar-refractivity contribution in [3.8, 4) is 0 Å². The third-order valence-corrected chi connectivity index (χ3v) is 3.11. The number of hydrogen-bond donors (Lipinski definition) is 3. The number of hydrogen-bond acceptors (Lipinski definition) is 2. The summed E-state index contributed by atoms with van der Waals surface area (Å²) in [4.78, 5) is 10.3. The van der Waals surface area contributed by atoms with Gasteiger partial charge < -0.3 is 17.2 Å². The lowest BCUT2D eigenvalue weighted by Crippen LogP contribution is -2.31. The fraction of sp³-hybridized carbons (Fsp3) is 0.429. The zero-order chi connectivity index (χ0) is 15.0. The van der Waals surface area contributed by atoms with Crippen molar-refractivity contribution in [2.24, 2.45) is 27.2 Å². The second-order valence-electron chi connectivity index (χ2n) is 4.38. The van der Waals surface area contributed by atoms with Gasteiger partial charge in [-0.1, -0.05) is 44.2 Å². The summed E-state index contributed by atoms with van der Waals surface area (Å²) in [6, 6.07) is 10.4. The SMILES string of the molecule is CCN(CC)C(CN=C(N)N=C(N)N)c1ccccc1. The third-order valence-electron chi connectivity index (χ3n) is 3.11. The molecule has 6 nitrogen and oxygen atoms in total. The molecular formula is C14H24N6. The van der Waals surface area contributed by atoms with Crippen LogP contribution in [-0.4, -0.2) is 36.5 Å². The molecule has 6 N–H and O–H groups in total. The van der Waals surface area contributed by atoms with Gasteiger partial charge >= 0.3 is 0 Å². The number of nitrogens with two attached hydrogens (primary N) is 3. The van der Waals surface area contributed by atoms with Crippen molar-refractivity contribution in [1.29, 1.82) is 0 Å². The largest absolute Gasteiger partial charge is 0.370 e. The molecule has 1 rings (SSSR count). The first-order valence-electron chi connectivity index (χ1n) is 6.77. The Morgan fingerprint density at radius 2 is 1.70 bits per heavy atom. The van der Waals surface area contributed by atoms with Gasteiger partial charge in [-0.05, 0) is 18.7 Å². The van der Waals surface area contributed by atoms with Crippen LogP contribution in [0.2, 0.25) is 0 Å². The first kappa shape index (κ1) is 16.0. The molecule has 0 aromatic heterocycles. The molecule has 1 aromatic carbocycles. The Labute approximate surface area is 120 Å². The minimum atomic E-state index is -0.0784. The smallest absolute Gasteiger partial charge is 0.218 e. The zero-order valence-corrected chi connectivity index (χ0v) is 12.2. The molecule has 110 valence electrons. The topological polar surface area (TPSA) is 106 Å². The Balaban J connectivity index is 2.92. The first-order chi connectivity index (χ1) is 9.58. The van der Waals surface area contributed by atoms with Crippen molar-refractivity contribution in [2.45, 2.75) is 19.9 Å². The van der Waals surface area contributed by atoms with Gasteiger partial charge in [-0.15, -0.1) is 0 Å². The summed E-state index contributed by atoms with van der Waals surface area (Å²) in [5.74, 6) is 0.0310. The van der Waals surface area contributed by atoms with E-state index in [1.165, 1.54) is 5.56 Å². The van der Waals surface area contributed by atoms with Crippen LogP contribution in [0.1, 0.15) is 25.5 Å². The number of rotatable bonds is 6. The van der Waals surface area contributed by atoms with E-state index in [0.717, 1.165) is 13.1 Å². The Morgan fingerprint density at radius 3 is 2.20 bits per heavy atom. The Morgan fingerprint density at radius 1 is 1.10 bits per heavy atom. The van der Waals surface area contributed by atoms with E-state index >= 15 is 0 Å². The summed E-state index contributed by atoms with van der Waals surface area (Å²) in [6.07, 6.45) is 0. The summed E-state index contributed by atoms with van der Waals surface area (Å²) >= 11 is 0. The maximum Gasteiger partial charge on any atom is 0.218 e. The van der Waals surface area contributed by atoms with E-state index in [9.17, 15) is 0 Å². The summed E-state index contributed by atoms with van der Waals surface area (Å²) < 4.78 is 0. The highest BCUT2D eigenvalue weighted by atomic mass is 15.2. The molecule has 1 unspecified atom stereocenters. The zero-order valence-electron chi connectivity index (χ0n) is 12.2. The standard InChI is InChI=1S/C14H24N6/c1-3-20(4-2)12(11-8-6-5-7-9-11)10-18-14(17)19-13(15)16/h5-9,12H,3-4,10H2,1-2H3,(H6,15,16,17,18,19). The molecular weight excluding hydrogens is 252 g/mol. The van der Waals surface area contributed by atoms with E-state index in [4.69, 9.17) is 17.2 Å². The molecule has 0 saturated carbocycles. The molecule has 20 heavy (non-hydrogen) atoms. The molecule has 1 atom stereocenters. The predicted octanol–water partition coefficient (Wildman–Crippen LogP) is 0.658. The van der Waals surface area contributed by atoms with Crippen LogP contribution in [0.4, 0.5) is 0 Å². The molecule has 0 fully saturated rings. The first-order valence-corrected chi connectivity index (χ1v) is 6.77. The van der Waals surface area contributed by atoms with E-state index in [0.29, 0.717) is 6.54 Å². The Hall–Kier alpha value is -2.08. The summed E-state index contributed by atoms with van der Waals surface area (Å²) in [5.41, 5.74) is 17.4. The number of guanidine groups is 2. The quantitative estimate of drug-likeness (QED) is 0.524. The van der Waals surface area contributed by atoms with Crippen LogP contribution in [0, 0.1) is 0 Å². The number of aliphatic imine (C=N–C) groups is 2. The van der Waals surface area contributed by atoms with Crippen LogP contribution >= 0.6 is 0 Å². The van der Waals surface area contributed by atoms with E-state index in [1.807, 2.05) is 18.2 Å². The molecule has 0 aliphatic rings. The number of benzene rings is 1. The maximum absolute atomic E-state index is 5.67. The lowest BCUT2D eigenvalue weighted by molar-refractivity contribution is 0.224. The van der Waals surface area contributed by atoms with Gasteiger partial charge in [-0.25, -0.2) is 4.99 Å². The minimum Gasteiger partial charge on any atom is -0.370 e. The van der Waals surface area contributed by atoms with Crippen LogP contribution in [-0.2, 0) is 0 Å². The minimum absolute atomic E-state index is 0.0784. The van der Waals surface area contributed by atoms with Gasteiger partial charge in [0.15, 0.2) is 5.96 Å². The summed E-state index contributed by atoms with van der Waals surface area (Å²) in [6.45, 7) is 6.65. The molecule has 0 aliphatic carbocycles. The lowest BCUT2D eigenvalue weighted by Gasteiger charge is -2.28. The van der Waals surface area contributed by atoms with Gasteiger partial charge in [-0.3, -0.25) is 4.90 Å². The predicted molar refractivity (Wildman–Crippen MR) is 84.4 cm³/mol. The highest BCUT2D eigenvalue weighted by Gasteiger charge is 2.17. The molecule has 1 aromatic rings. The van der Waals surface area contributed by atoms with Gasteiger partial charge in [-0.2, -0.15) is 4.99 Å². The van der Waals surface area contributed by atoms with Crippen molar-refractivity contribution in [3.63, 3.8) is 0 Å². The lowest BCUT2D eigenvalue weighted by atomic mass is 10.1. The van der Waals surface area contributed by atoms with Crippen molar-refractivity contribution < 1.29 is 0 Å². The Bertz CT molecular complexity index is 446. The van der Waals surface area contributed by atoms with Crippen molar-refractivity contribution in [1.82, 2.24) is 4.90 Å². The molecule has 0 heterocycles. The molecule has 6 heteroatoms. The molecule has 0 bridgehead atoms. The highest BCUT2D eigenvalue weighted by Crippen LogP contribution is 2.20. The average molecular weight is 276 g/mol. The van der Waals surface area contributed by atoms with Gasteiger partial charge in [0, 0.05) is 0 Å². The van der Waals surface area contributed by atoms with E-state index < -0.39 is 0 Å². The Kier molecular flexibility index (Phi) is 6.52. The van der Waals surface area contributed by atoms with Crippen LogP contribution in [0.3, 0.4) is 0 Å². The second-order valence-corrected chi connectivity index (χ2v) is 4.38. The van der Waals surface area contributed by atoms with E-state index in [1.54, 1.807) is 0 Å². The second kappa shape index (κ2) is 8.16. The molecule has 0 radical (unpaired) electrons. The van der Waals surface area contributed by atoms with Crippen LogP contribution in [0.15, 0.2) is 40.3 Å². The van der Waals surface area contributed by atoms with Crippen molar-refractivity contribution in [3.05, 3.63) is 35.9 Å². The molecule has 0 saturated heterocycles. The molecule has 0 spiro atoms. The van der Waals surface area contributed by atoms with Crippen LogP contribution in [0.25, 0.3) is 0 Å². The number of likely N-dealkylation sites (N-methyl/N-ethyl adjacent to an activating group) is 1. The van der Waals surface area contributed by atoms with Gasteiger partial charge in [0.25, 0.3) is 0 Å². The van der Waals surface area contributed by atoms with Crippen molar-refractivity contribution in [2.75, 3.05) is 19.6 Å². The van der Waals surface area contributed by atoms with Gasteiger partial charge in [0.05, 0.1) is 12.6 Å². The average Bonchev–Trinajstić information content (AvgIpc) is 2.43. The molecule has 0 amide bonds. The number of nitrogens with zero attached hydrogens (tertiary/aromatic N) is 3. The fourth-order valence-corrected chi connectivity index (χ4v) is 2.12. The highest BCUT2D eigenvalue weighted by molar-refractivity contribution is 5.92. The van der Waals surface area contributed by atoms with Crippen LogP contribution < -0.4 is 17.2 Å². The maximum atomic E-state index is 5.67. The molecule has 0 aliphatic heterocycles. The van der Waals surface area contributed by atoms with Crippen LogP contribution in [0.5, 0.6) is 0 Å². The monoisotopic (exact) mass is 276 g/mol. The van der Waals surface area contributed by atoms with Gasteiger partial charge in [0.2, 0.25) is 5.96 Å². The summed E-state index contributed by atoms with van der Waals surface area (Å²) in [5, 5.41) is 0. The van der Waals surface area contributed by atoms with E-state index in [2.05, 4.69) is 40.9 Å².